The molecule has 0 unspecified atom stereocenters. The van der Waals surface area contributed by atoms with Crippen LogP contribution in [0, 0.1) is 0 Å². The summed E-state index contributed by atoms with van der Waals surface area (Å²) in [4.78, 5) is 17.2. The second-order valence-corrected chi connectivity index (χ2v) is 7.25. The first kappa shape index (κ1) is 20.4. The number of piperazine rings is 1. The van der Waals surface area contributed by atoms with Gasteiger partial charge in [-0.15, -0.1) is 0 Å². The number of para-hydroxylation sites is 2. The van der Waals surface area contributed by atoms with E-state index in [-0.39, 0.29) is 5.91 Å². The Balaban J connectivity index is 1.40. The van der Waals surface area contributed by atoms with E-state index in [0.717, 1.165) is 57.0 Å². The fourth-order valence-corrected chi connectivity index (χ4v) is 3.40. The van der Waals surface area contributed by atoms with Crippen LogP contribution in [0.1, 0.15) is 18.9 Å². The molecule has 1 amide bonds. The van der Waals surface area contributed by atoms with Gasteiger partial charge in [0.25, 0.3) is 0 Å². The molecule has 0 aromatic heterocycles. The first-order valence-corrected chi connectivity index (χ1v) is 10.2. The smallest absolute Gasteiger partial charge is 0.238 e. The Labute approximate surface area is 168 Å². The fraction of sp³-hybridized carbons (Fsp3) is 0.435. The van der Waals surface area contributed by atoms with Gasteiger partial charge in [-0.3, -0.25) is 9.69 Å². The Morgan fingerprint density at radius 2 is 1.64 bits per heavy atom. The van der Waals surface area contributed by atoms with Crippen molar-refractivity contribution in [3.05, 3.63) is 60.2 Å². The van der Waals surface area contributed by atoms with Crippen LogP contribution in [-0.2, 0) is 11.2 Å². The highest BCUT2D eigenvalue weighted by molar-refractivity contribution is 5.93. The van der Waals surface area contributed by atoms with Gasteiger partial charge in [0, 0.05) is 32.7 Å². The Hall–Kier alpha value is -2.37. The molecule has 5 heteroatoms. The lowest BCUT2D eigenvalue weighted by Gasteiger charge is -2.34. The topological polar surface area (TPSA) is 44.8 Å². The average molecular weight is 382 g/mol. The van der Waals surface area contributed by atoms with Gasteiger partial charge in [-0.1, -0.05) is 49.4 Å². The van der Waals surface area contributed by atoms with Gasteiger partial charge in [0.1, 0.15) is 5.75 Å². The van der Waals surface area contributed by atoms with E-state index in [1.807, 2.05) is 24.3 Å². The summed E-state index contributed by atoms with van der Waals surface area (Å²) in [5.41, 5.74) is 2.13. The molecule has 1 aliphatic rings. The summed E-state index contributed by atoms with van der Waals surface area (Å²) in [5, 5.41) is 3.01. The summed E-state index contributed by atoms with van der Waals surface area (Å²) in [6.07, 6.45) is 2.02. The van der Waals surface area contributed by atoms with Gasteiger partial charge < -0.3 is 15.0 Å². The van der Waals surface area contributed by atoms with E-state index < -0.39 is 0 Å². The van der Waals surface area contributed by atoms with Crippen LogP contribution in [0.2, 0.25) is 0 Å². The monoisotopic (exact) mass is 381 g/mol. The number of benzene rings is 2. The molecule has 2 aromatic carbocycles. The first-order valence-electron chi connectivity index (χ1n) is 10.2. The molecular weight excluding hydrogens is 350 g/mol. The average Bonchev–Trinajstić information content (AvgIpc) is 2.73. The molecule has 1 aliphatic heterocycles. The van der Waals surface area contributed by atoms with E-state index in [0.29, 0.717) is 13.2 Å². The molecule has 1 saturated heterocycles. The first-order chi connectivity index (χ1) is 13.7. The summed E-state index contributed by atoms with van der Waals surface area (Å²) in [5.74, 6) is 0.758. The molecule has 28 heavy (non-hydrogen) atoms. The summed E-state index contributed by atoms with van der Waals surface area (Å²) >= 11 is 0. The third-order valence-electron chi connectivity index (χ3n) is 5.01. The van der Waals surface area contributed by atoms with E-state index in [4.69, 9.17) is 4.74 Å². The van der Waals surface area contributed by atoms with Crippen LogP contribution in [0.3, 0.4) is 0 Å². The molecule has 0 radical (unpaired) electrons. The summed E-state index contributed by atoms with van der Waals surface area (Å²) in [6, 6.07) is 18.2. The van der Waals surface area contributed by atoms with Gasteiger partial charge in [-0.05, 0) is 30.5 Å². The zero-order valence-corrected chi connectivity index (χ0v) is 16.8. The van der Waals surface area contributed by atoms with Crippen molar-refractivity contribution in [1.29, 1.82) is 0 Å². The number of hydrogen-bond acceptors (Lipinski definition) is 4. The van der Waals surface area contributed by atoms with Crippen molar-refractivity contribution in [2.75, 3.05) is 51.2 Å². The predicted octanol–water partition coefficient (Wildman–Crippen LogP) is 3.27. The summed E-state index contributed by atoms with van der Waals surface area (Å²) < 4.78 is 5.72. The van der Waals surface area contributed by atoms with Crippen LogP contribution < -0.4 is 10.1 Å². The maximum absolute atomic E-state index is 12.5. The van der Waals surface area contributed by atoms with Crippen molar-refractivity contribution in [2.24, 2.45) is 0 Å². The van der Waals surface area contributed by atoms with Crippen molar-refractivity contribution in [1.82, 2.24) is 9.80 Å². The van der Waals surface area contributed by atoms with Crippen LogP contribution in [0.25, 0.3) is 0 Å². The Bertz CT molecular complexity index is 728. The number of nitrogens with zero attached hydrogens (tertiary/aromatic N) is 2. The van der Waals surface area contributed by atoms with E-state index in [1.165, 1.54) is 5.56 Å². The number of ether oxygens (including phenoxy) is 1. The third-order valence-corrected chi connectivity index (χ3v) is 5.01. The molecule has 0 atom stereocenters. The van der Waals surface area contributed by atoms with Crippen LogP contribution in [0.15, 0.2) is 54.6 Å². The van der Waals surface area contributed by atoms with Gasteiger partial charge in [0.2, 0.25) is 5.91 Å². The van der Waals surface area contributed by atoms with Gasteiger partial charge in [-0.25, -0.2) is 0 Å². The van der Waals surface area contributed by atoms with E-state index in [1.54, 1.807) is 0 Å². The fourth-order valence-electron chi connectivity index (χ4n) is 3.40. The number of carbonyl (C=O) groups excluding carboxylic acids is 1. The van der Waals surface area contributed by atoms with Gasteiger partial charge in [0.05, 0.1) is 18.8 Å². The maximum atomic E-state index is 12.5. The quantitative estimate of drug-likeness (QED) is 0.724. The Morgan fingerprint density at radius 1 is 0.964 bits per heavy atom. The molecule has 150 valence electrons. The number of hydrogen-bond donors (Lipinski definition) is 1. The van der Waals surface area contributed by atoms with E-state index >= 15 is 0 Å². The zero-order chi connectivity index (χ0) is 19.6. The number of rotatable bonds is 9. The molecule has 2 aromatic rings. The predicted molar refractivity (Wildman–Crippen MR) is 114 cm³/mol. The minimum atomic E-state index is 0.0188. The molecule has 1 fully saturated rings. The van der Waals surface area contributed by atoms with Crippen molar-refractivity contribution in [2.45, 2.75) is 19.8 Å². The van der Waals surface area contributed by atoms with Crippen molar-refractivity contribution in [3.63, 3.8) is 0 Å². The second-order valence-electron chi connectivity index (χ2n) is 7.25. The lowest BCUT2D eigenvalue weighted by atomic mass is 10.1. The van der Waals surface area contributed by atoms with Crippen LogP contribution >= 0.6 is 0 Å². The minimum Gasteiger partial charge on any atom is -0.491 e. The molecule has 0 saturated carbocycles. The highest BCUT2D eigenvalue weighted by Crippen LogP contribution is 2.23. The van der Waals surface area contributed by atoms with Crippen LogP contribution in [0.5, 0.6) is 5.75 Å². The maximum Gasteiger partial charge on any atom is 0.238 e. The molecule has 0 bridgehead atoms. The normalized spacial score (nSPS) is 15.3. The van der Waals surface area contributed by atoms with Crippen molar-refractivity contribution >= 4 is 11.6 Å². The van der Waals surface area contributed by atoms with Gasteiger partial charge >= 0.3 is 0 Å². The standard InChI is InChI=1S/C23H31N3O2/c1-2-18-28-22-11-7-6-10-21(22)24-23(27)19-26-16-14-25(15-17-26)13-12-20-8-4-3-5-9-20/h3-11H,2,12-19H2,1H3,(H,24,27). The molecule has 1 heterocycles. The molecule has 5 nitrogen and oxygen atoms in total. The minimum absolute atomic E-state index is 0.0188. The van der Waals surface area contributed by atoms with Crippen molar-refractivity contribution < 1.29 is 9.53 Å². The molecule has 1 N–H and O–H groups in total. The van der Waals surface area contributed by atoms with Gasteiger partial charge in [-0.2, -0.15) is 0 Å². The molecule has 0 aliphatic carbocycles. The third kappa shape index (κ3) is 6.36. The molecule has 3 rings (SSSR count). The Kier molecular flexibility index (Phi) is 7.88. The number of nitrogens with one attached hydrogen (secondary N) is 1. The SMILES string of the molecule is CCCOc1ccccc1NC(=O)CN1CCN(CCc2ccccc2)CC1. The lowest BCUT2D eigenvalue weighted by molar-refractivity contribution is -0.117. The number of anilines is 1. The number of carbonyl (C=O) groups is 1. The highest BCUT2D eigenvalue weighted by atomic mass is 16.5. The lowest BCUT2D eigenvalue weighted by Crippen LogP contribution is -2.49. The largest absolute Gasteiger partial charge is 0.491 e. The van der Waals surface area contributed by atoms with E-state index in [2.05, 4.69) is 52.4 Å². The second kappa shape index (κ2) is 10.8. The highest BCUT2D eigenvalue weighted by Gasteiger charge is 2.19. The molecular formula is C23H31N3O2. The van der Waals surface area contributed by atoms with Gasteiger partial charge in [0.15, 0.2) is 0 Å². The zero-order valence-electron chi connectivity index (χ0n) is 16.8. The number of amides is 1. The van der Waals surface area contributed by atoms with Crippen molar-refractivity contribution in [3.8, 4) is 5.75 Å². The Morgan fingerprint density at radius 3 is 2.39 bits per heavy atom. The van der Waals surface area contributed by atoms with Crippen LogP contribution in [-0.4, -0.2) is 61.6 Å². The summed E-state index contributed by atoms with van der Waals surface area (Å²) in [6.45, 7) is 8.10. The van der Waals surface area contributed by atoms with Crippen LogP contribution in [0.4, 0.5) is 5.69 Å². The van der Waals surface area contributed by atoms with E-state index in [9.17, 15) is 4.79 Å². The summed E-state index contributed by atoms with van der Waals surface area (Å²) in [7, 11) is 0. The molecule has 0 spiro atoms.